The molecule has 0 saturated carbocycles. The van der Waals surface area contributed by atoms with Gasteiger partial charge in [0.05, 0.1) is 20.8 Å². The summed E-state index contributed by atoms with van der Waals surface area (Å²) in [6.07, 6.45) is 0. The Morgan fingerprint density at radius 1 is 1.04 bits per heavy atom. The van der Waals surface area contributed by atoms with Crippen molar-refractivity contribution in [1.82, 2.24) is 5.32 Å². The summed E-state index contributed by atoms with van der Waals surface area (Å²) < 4.78 is 16.2. The second-order valence-corrected chi connectivity index (χ2v) is 6.47. The predicted molar refractivity (Wildman–Crippen MR) is 102 cm³/mol. The number of hydrogen-bond donors (Lipinski definition) is 1. The van der Waals surface area contributed by atoms with Crippen LogP contribution in [-0.2, 0) is 17.9 Å². The Labute approximate surface area is 155 Å². The third-order valence-corrected chi connectivity index (χ3v) is 3.86. The van der Waals surface area contributed by atoms with Gasteiger partial charge in [-0.1, -0.05) is 26.0 Å². The van der Waals surface area contributed by atoms with E-state index in [2.05, 4.69) is 19.2 Å². The van der Waals surface area contributed by atoms with Gasteiger partial charge in [0.25, 0.3) is 5.91 Å². The second kappa shape index (κ2) is 9.82. The van der Waals surface area contributed by atoms with Gasteiger partial charge in [-0.25, -0.2) is 0 Å². The molecule has 2 aromatic carbocycles. The molecule has 1 amide bonds. The standard InChI is InChI=1S/C21H27NO4/c1-15(2)13-26-14-18-11-17(7-10-20(18)25-4)21(23)22-12-16-5-8-19(24-3)9-6-16/h5-11,15H,12-14H2,1-4H3,(H,22,23). The molecule has 0 aliphatic carbocycles. The van der Waals surface area contributed by atoms with Crippen LogP contribution in [0.25, 0.3) is 0 Å². The van der Waals surface area contributed by atoms with Crippen molar-refractivity contribution in [3.8, 4) is 11.5 Å². The lowest BCUT2D eigenvalue weighted by molar-refractivity contribution is 0.0937. The highest BCUT2D eigenvalue weighted by Crippen LogP contribution is 2.21. The van der Waals surface area contributed by atoms with Gasteiger partial charge in [0.15, 0.2) is 0 Å². The number of carbonyl (C=O) groups is 1. The number of nitrogens with one attached hydrogen (secondary N) is 1. The Kier molecular flexibility index (Phi) is 7.48. The Bertz CT molecular complexity index is 710. The topological polar surface area (TPSA) is 56.8 Å². The molecule has 0 spiro atoms. The summed E-state index contributed by atoms with van der Waals surface area (Å²) in [7, 11) is 3.24. The van der Waals surface area contributed by atoms with Gasteiger partial charge < -0.3 is 19.5 Å². The first-order valence-electron chi connectivity index (χ1n) is 8.69. The SMILES string of the molecule is COc1ccc(CNC(=O)c2ccc(OC)c(COCC(C)C)c2)cc1. The lowest BCUT2D eigenvalue weighted by Crippen LogP contribution is -2.23. The minimum atomic E-state index is -0.131. The van der Waals surface area contributed by atoms with Gasteiger partial charge in [0, 0.05) is 24.3 Å². The maximum atomic E-state index is 12.5. The molecule has 140 valence electrons. The van der Waals surface area contributed by atoms with E-state index in [0.29, 0.717) is 31.2 Å². The van der Waals surface area contributed by atoms with Gasteiger partial charge in [-0.3, -0.25) is 4.79 Å². The molecule has 0 fully saturated rings. The zero-order valence-corrected chi connectivity index (χ0v) is 15.9. The Hall–Kier alpha value is -2.53. The molecule has 0 aromatic heterocycles. The number of ether oxygens (including phenoxy) is 3. The van der Waals surface area contributed by atoms with Crippen molar-refractivity contribution < 1.29 is 19.0 Å². The molecule has 0 atom stereocenters. The number of benzene rings is 2. The fraction of sp³-hybridized carbons (Fsp3) is 0.381. The van der Waals surface area contributed by atoms with E-state index >= 15 is 0 Å². The summed E-state index contributed by atoms with van der Waals surface area (Å²) in [6, 6.07) is 13.0. The van der Waals surface area contributed by atoms with Crippen LogP contribution in [0.15, 0.2) is 42.5 Å². The molecule has 0 aliphatic rings. The molecule has 0 bridgehead atoms. The summed E-state index contributed by atoms with van der Waals surface area (Å²) >= 11 is 0. The molecule has 0 saturated heterocycles. The second-order valence-electron chi connectivity index (χ2n) is 6.47. The quantitative estimate of drug-likeness (QED) is 0.741. The van der Waals surface area contributed by atoms with Crippen LogP contribution in [0.3, 0.4) is 0 Å². The van der Waals surface area contributed by atoms with Crippen LogP contribution in [-0.4, -0.2) is 26.7 Å². The number of hydrogen-bond acceptors (Lipinski definition) is 4. The fourth-order valence-electron chi connectivity index (χ4n) is 2.46. The largest absolute Gasteiger partial charge is 0.497 e. The minimum absolute atomic E-state index is 0.131. The zero-order chi connectivity index (χ0) is 18.9. The number of amides is 1. The van der Waals surface area contributed by atoms with Crippen molar-refractivity contribution in [1.29, 1.82) is 0 Å². The molecule has 0 heterocycles. The van der Waals surface area contributed by atoms with Crippen molar-refractivity contribution in [3.05, 3.63) is 59.2 Å². The molecule has 0 aliphatic heterocycles. The third-order valence-electron chi connectivity index (χ3n) is 3.86. The first-order chi connectivity index (χ1) is 12.5. The highest BCUT2D eigenvalue weighted by atomic mass is 16.5. The van der Waals surface area contributed by atoms with E-state index in [4.69, 9.17) is 14.2 Å². The van der Waals surface area contributed by atoms with E-state index in [1.54, 1.807) is 26.4 Å². The van der Waals surface area contributed by atoms with Gasteiger partial charge in [0.2, 0.25) is 0 Å². The Morgan fingerprint density at radius 3 is 2.38 bits per heavy atom. The van der Waals surface area contributed by atoms with Crippen molar-refractivity contribution in [2.24, 2.45) is 5.92 Å². The monoisotopic (exact) mass is 357 g/mol. The summed E-state index contributed by atoms with van der Waals surface area (Å²) in [4.78, 5) is 12.5. The molecule has 0 radical (unpaired) electrons. The van der Waals surface area contributed by atoms with E-state index in [-0.39, 0.29) is 5.91 Å². The lowest BCUT2D eigenvalue weighted by Gasteiger charge is -2.13. The maximum absolute atomic E-state index is 12.5. The normalized spacial score (nSPS) is 10.7. The average molecular weight is 357 g/mol. The molecule has 5 nitrogen and oxygen atoms in total. The fourth-order valence-corrected chi connectivity index (χ4v) is 2.46. The van der Waals surface area contributed by atoms with Gasteiger partial charge in [0.1, 0.15) is 11.5 Å². The van der Waals surface area contributed by atoms with Crippen LogP contribution in [0.2, 0.25) is 0 Å². The third kappa shape index (κ3) is 5.77. The molecule has 0 unspecified atom stereocenters. The summed E-state index contributed by atoms with van der Waals surface area (Å²) in [5, 5.41) is 2.93. The van der Waals surface area contributed by atoms with Crippen LogP contribution in [0, 0.1) is 5.92 Å². The number of methoxy groups -OCH3 is 2. The average Bonchev–Trinajstić information content (AvgIpc) is 2.66. The summed E-state index contributed by atoms with van der Waals surface area (Å²) in [6.45, 7) is 5.73. The van der Waals surface area contributed by atoms with Crippen molar-refractivity contribution >= 4 is 5.91 Å². The van der Waals surface area contributed by atoms with Crippen LogP contribution in [0.5, 0.6) is 11.5 Å². The molecule has 2 aromatic rings. The minimum Gasteiger partial charge on any atom is -0.497 e. The van der Waals surface area contributed by atoms with E-state index < -0.39 is 0 Å². The van der Waals surface area contributed by atoms with Gasteiger partial charge in [-0.15, -0.1) is 0 Å². The van der Waals surface area contributed by atoms with Gasteiger partial charge >= 0.3 is 0 Å². The first kappa shape index (κ1) is 19.8. The Morgan fingerprint density at radius 2 is 1.77 bits per heavy atom. The summed E-state index contributed by atoms with van der Waals surface area (Å²) in [5.41, 5.74) is 2.46. The first-order valence-corrected chi connectivity index (χ1v) is 8.69. The predicted octanol–water partition coefficient (Wildman–Crippen LogP) is 3.81. The smallest absolute Gasteiger partial charge is 0.251 e. The van der Waals surface area contributed by atoms with Gasteiger partial charge in [-0.05, 0) is 41.8 Å². The van der Waals surface area contributed by atoms with Crippen LogP contribution in [0.1, 0.15) is 35.3 Å². The number of rotatable bonds is 9. The van der Waals surface area contributed by atoms with E-state index in [0.717, 1.165) is 22.6 Å². The molecule has 2 rings (SSSR count). The summed E-state index contributed by atoms with van der Waals surface area (Å²) in [5.74, 6) is 1.84. The van der Waals surface area contributed by atoms with Gasteiger partial charge in [-0.2, -0.15) is 0 Å². The zero-order valence-electron chi connectivity index (χ0n) is 15.9. The van der Waals surface area contributed by atoms with E-state index in [1.807, 2.05) is 30.3 Å². The van der Waals surface area contributed by atoms with Crippen LogP contribution >= 0.6 is 0 Å². The Balaban J connectivity index is 2.00. The molecular formula is C21H27NO4. The molecule has 1 N–H and O–H groups in total. The highest BCUT2D eigenvalue weighted by molar-refractivity contribution is 5.94. The van der Waals surface area contributed by atoms with Crippen molar-refractivity contribution in [2.45, 2.75) is 27.0 Å². The van der Waals surface area contributed by atoms with Crippen molar-refractivity contribution in [2.75, 3.05) is 20.8 Å². The molecule has 26 heavy (non-hydrogen) atoms. The molecule has 5 heteroatoms. The molecular weight excluding hydrogens is 330 g/mol. The van der Waals surface area contributed by atoms with Crippen LogP contribution < -0.4 is 14.8 Å². The van der Waals surface area contributed by atoms with E-state index in [1.165, 1.54) is 0 Å². The van der Waals surface area contributed by atoms with E-state index in [9.17, 15) is 4.79 Å². The lowest BCUT2D eigenvalue weighted by atomic mass is 10.1. The number of carbonyl (C=O) groups excluding carboxylic acids is 1. The van der Waals surface area contributed by atoms with Crippen LogP contribution in [0.4, 0.5) is 0 Å². The highest BCUT2D eigenvalue weighted by Gasteiger charge is 2.11. The maximum Gasteiger partial charge on any atom is 0.251 e. The van der Waals surface area contributed by atoms with Crippen molar-refractivity contribution in [3.63, 3.8) is 0 Å².